The minimum Gasteiger partial charge on any atom is -0.495 e. The third kappa shape index (κ3) is 5.30. The van der Waals surface area contributed by atoms with Gasteiger partial charge in [0, 0.05) is 13.1 Å². The van der Waals surface area contributed by atoms with E-state index in [1.165, 1.54) is 18.2 Å². The molecule has 0 aliphatic carbocycles. The van der Waals surface area contributed by atoms with Gasteiger partial charge in [0.25, 0.3) is 0 Å². The summed E-state index contributed by atoms with van der Waals surface area (Å²) in [5.74, 6) is 0.552. The third-order valence-electron chi connectivity index (χ3n) is 5.42. The molecule has 0 spiro atoms. The van der Waals surface area contributed by atoms with Gasteiger partial charge in [-0.25, -0.2) is 0 Å². The summed E-state index contributed by atoms with van der Waals surface area (Å²) in [6.45, 7) is 1.68. The number of aromatic nitrogens is 3. The number of hydrogen-bond donors (Lipinski definition) is 1. The Morgan fingerprint density at radius 1 is 1.06 bits per heavy atom. The molecule has 0 unspecified atom stereocenters. The molecule has 2 aromatic carbocycles. The molecule has 1 saturated heterocycles. The fourth-order valence-corrected chi connectivity index (χ4v) is 4.58. The molecular formula is C23H24F3N5O2S. The number of nitrogens with one attached hydrogen (secondary N) is 1. The summed E-state index contributed by atoms with van der Waals surface area (Å²) in [7, 11) is 1.57. The maximum absolute atomic E-state index is 13.2. The molecule has 1 amide bonds. The van der Waals surface area contributed by atoms with E-state index < -0.39 is 17.6 Å². The fraction of sp³-hybridized carbons (Fsp3) is 0.348. The Labute approximate surface area is 199 Å². The van der Waals surface area contributed by atoms with Crippen molar-refractivity contribution < 1.29 is 22.7 Å². The number of methoxy groups -OCH3 is 1. The second kappa shape index (κ2) is 10.4. The van der Waals surface area contributed by atoms with Crippen LogP contribution in [-0.2, 0) is 11.0 Å². The van der Waals surface area contributed by atoms with E-state index in [1.807, 2.05) is 28.8 Å². The number of nitrogens with zero attached hydrogens (tertiary/aromatic N) is 4. The summed E-state index contributed by atoms with van der Waals surface area (Å²) in [5, 5.41) is 11.5. The monoisotopic (exact) mass is 491 g/mol. The van der Waals surface area contributed by atoms with Crippen LogP contribution < -0.4 is 15.0 Å². The van der Waals surface area contributed by atoms with Gasteiger partial charge in [-0.1, -0.05) is 36.0 Å². The number of anilines is 2. The van der Waals surface area contributed by atoms with Gasteiger partial charge >= 0.3 is 6.18 Å². The standard InChI is InChI=1S/C23H24F3N5O2S/c1-33-19-12-6-5-11-18(19)31-21(30-13-7-2-8-14-30)28-29-22(31)34-15-20(32)27-17-10-4-3-9-16(17)23(24,25)26/h3-6,9-12H,2,7-8,13-15H2,1H3,(H,27,32). The van der Waals surface area contributed by atoms with E-state index >= 15 is 0 Å². The lowest BCUT2D eigenvalue weighted by atomic mass is 10.1. The number of carbonyl (C=O) groups is 1. The normalized spacial score (nSPS) is 14.2. The molecule has 3 aromatic rings. The van der Waals surface area contributed by atoms with Crippen molar-refractivity contribution in [1.29, 1.82) is 0 Å². The van der Waals surface area contributed by atoms with Crippen LogP contribution in [0.2, 0.25) is 0 Å². The fourth-order valence-electron chi connectivity index (χ4n) is 3.84. The van der Waals surface area contributed by atoms with Crippen LogP contribution in [0.15, 0.2) is 53.7 Å². The van der Waals surface area contributed by atoms with Gasteiger partial charge in [-0.15, -0.1) is 10.2 Å². The van der Waals surface area contributed by atoms with E-state index in [0.717, 1.165) is 55.9 Å². The van der Waals surface area contributed by atoms with Gasteiger partial charge in [-0.2, -0.15) is 13.2 Å². The molecule has 0 atom stereocenters. The van der Waals surface area contributed by atoms with Crippen molar-refractivity contribution >= 4 is 29.3 Å². The van der Waals surface area contributed by atoms with Crippen molar-refractivity contribution in [2.75, 3.05) is 36.2 Å². The van der Waals surface area contributed by atoms with Crippen LogP contribution in [0, 0.1) is 0 Å². The van der Waals surface area contributed by atoms with E-state index in [-0.39, 0.29) is 11.4 Å². The Hall–Kier alpha value is -3.21. The first-order valence-electron chi connectivity index (χ1n) is 10.8. The highest BCUT2D eigenvalue weighted by Gasteiger charge is 2.33. The Morgan fingerprint density at radius 3 is 2.50 bits per heavy atom. The van der Waals surface area contributed by atoms with Gasteiger partial charge in [-0.3, -0.25) is 9.36 Å². The van der Waals surface area contributed by atoms with Crippen LogP contribution in [0.4, 0.5) is 24.8 Å². The van der Waals surface area contributed by atoms with E-state index in [2.05, 4.69) is 20.4 Å². The first kappa shape index (κ1) is 23.9. The summed E-state index contributed by atoms with van der Waals surface area (Å²) < 4.78 is 47.1. The van der Waals surface area contributed by atoms with Gasteiger partial charge in [0.15, 0.2) is 5.16 Å². The molecule has 0 saturated carbocycles. The lowest BCUT2D eigenvalue weighted by molar-refractivity contribution is -0.137. The topological polar surface area (TPSA) is 72.3 Å². The number of halogens is 3. The lowest BCUT2D eigenvalue weighted by Gasteiger charge is -2.28. The first-order chi connectivity index (χ1) is 16.4. The molecule has 1 aliphatic rings. The molecule has 1 aromatic heterocycles. The average molecular weight is 492 g/mol. The van der Waals surface area contributed by atoms with E-state index in [4.69, 9.17) is 4.74 Å². The van der Waals surface area contributed by atoms with Gasteiger partial charge in [-0.05, 0) is 43.5 Å². The van der Waals surface area contributed by atoms with Crippen LogP contribution in [0.3, 0.4) is 0 Å². The second-order valence-corrected chi connectivity index (χ2v) is 8.66. The van der Waals surface area contributed by atoms with Crippen molar-refractivity contribution in [3.63, 3.8) is 0 Å². The smallest absolute Gasteiger partial charge is 0.418 e. The van der Waals surface area contributed by atoms with Crippen molar-refractivity contribution in [2.45, 2.75) is 30.6 Å². The number of amides is 1. The van der Waals surface area contributed by atoms with Crippen LogP contribution in [0.1, 0.15) is 24.8 Å². The van der Waals surface area contributed by atoms with E-state index in [9.17, 15) is 18.0 Å². The number of ether oxygens (including phenoxy) is 1. The Morgan fingerprint density at radius 2 is 1.76 bits per heavy atom. The highest BCUT2D eigenvalue weighted by Crippen LogP contribution is 2.35. The van der Waals surface area contributed by atoms with Gasteiger partial charge in [0.2, 0.25) is 11.9 Å². The minimum atomic E-state index is -4.57. The van der Waals surface area contributed by atoms with Crippen molar-refractivity contribution in [3.05, 3.63) is 54.1 Å². The molecule has 7 nitrogen and oxygen atoms in total. The zero-order valence-corrected chi connectivity index (χ0v) is 19.3. The summed E-state index contributed by atoms with van der Waals surface area (Å²) in [6, 6.07) is 12.3. The SMILES string of the molecule is COc1ccccc1-n1c(SCC(=O)Nc2ccccc2C(F)(F)F)nnc1N1CCCCC1. The Balaban J connectivity index is 1.58. The molecule has 0 radical (unpaired) electrons. The van der Waals surface area contributed by atoms with E-state index in [0.29, 0.717) is 16.9 Å². The molecule has 1 aliphatic heterocycles. The summed E-state index contributed by atoms with van der Waals surface area (Å²) in [6.07, 6.45) is -1.32. The summed E-state index contributed by atoms with van der Waals surface area (Å²) in [4.78, 5) is 14.7. The van der Waals surface area contributed by atoms with Gasteiger partial charge < -0.3 is 15.0 Å². The van der Waals surface area contributed by atoms with Crippen LogP contribution >= 0.6 is 11.8 Å². The molecule has 180 valence electrons. The van der Waals surface area contributed by atoms with Crippen LogP contribution in [0.25, 0.3) is 5.69 Å². The molecule has 4 rings (SSSR count). The predicted octanol–water partition coefficient (Wildman–Crippen LogP) is 5.02. The predicted molar refractivity (Wildman–Crippen MR) is 125 cm³/mol. The third-order valence-corrected chi connectivity index (χ3v) is 6.35. The highest BCUT2D eigenvalue weighted by molar-refractivity contribution is 7.99. The highest BCUT2D eigenvalue weighted by atomic mass is 32.2. The number of hydrogen-bond acceptors (Lipinski definition) is 6. The number of benzene rings is 2. The zero-order chi connectivity index (χ0) is 24.1. The Bertz CT molecular complexity index is 1150. The number of para-hydroxylation sites is 3. The molecule has 2 heterocycles. The number of carbonyl (C=O) groups excluding carboxylic acids is 1. The number of rotatable bonds is 7. The zero-order valence-electron chi connectivity index (χ0n) is 18.5. The summed E-state index contributed by atoms with van der Waals surface area (Å²) >= 11 is 1.10. The maximum Gasteiger partial charge on any atom is 0.418 e. The largest absolute Gasteiger partial charge is 0.495 e. The lowest BCUT2D eigenvalue weighted by Crippen LogP contribution is -2.31. The maximum atomic E-state index is 13.2. The molecule has 34 heavy (non-hydrogen) atoms. The summed E-state index contributed by atoms with van der Waals surface area (Å²) in [5.41, 5.74) is -0.445. The van der Waals surface area contributed by atoms with E-state index in [1.54, 1.807) is 7.11 Å². The van der Waals surface area contributed by atoms with Gasteiger partial charge in [0.05, 0.1) is 29.8 Å². The molecular weight excluding hydrogens is 467 g/mol. The average Bonchev–Trinajstić information content (AvgIpc) is 3.26. The minimum absolute atomic E-state index is 0.139. The molecule has 1 fully saturated rings. The molecule has 0 bridgehead atoms. The number of thioether (sulfide) groups is 1. The van der Waals surface area contributed by atoms with Crippen molar-refractivity contribution in [1.82, 2.24) is 14.8 Å². The second-order valence-electron chi connectivity index (χ2n) is 7.72. The van der Waals surface area contributed by atoms with Gasteiger partial charge in [0.1, 0.15) is 5.75 Å². The van der Waals surface area contributed by atoms with Crippen molar-refractivity contribution in [2.24, 2.45) is 0 Å². The quantitative estimate of drug-likeness (QED) is 0.468. The van der Waals surface area contributed by atoms with Crippen LogP contribution in [0.5, 0.6) is 5.75 Å². The van der Waals surface area contributed by atoms with Crippen molar-refractivity contribution in [3.8, 4) is 11.4 Å². The first-order valence-corrected chi connectivity index (χ1v) is 11.8. The molecule has 11 heteroatoms. The van der Waals surface area contributed by atoms with Crippen LogP contribution in [-0.4, -0.2) is 46.6 Å². The molecule has 1 N–H and O–H groups in total. The number of piperidine rings is 1. The number of alkyl halides is 3. The Kier molecular flexibility index (Phi) is 7.30.